The van der Waals surface area contributed by atoms with E-state index in [1.165, 1.54) is 12.1 Å². The lowest BCUT2D eigenvalue weighted by molar-refractivity contribution is 0.0697. The first-order valence-electron chi connectivity index (χ1n) is 5.20. The lowest BCUT2D eigenvalue weighted by Gasteiger charge is -2.05. The largest absolute Gasteiger partial charge is 0.478 e. The van der Waals surface area contributed by atoms with Gasteiger partial charge in [0.2, 0.25) is 0 Å². The molecule has 2 aromatic carbocycles. The summed E-state index contributed by atoms with van der Waals surface area (Å²) in [5, 5.41) is 9.19. The van der Waals surface area contributed by atoms with Crippen LogP contribution in [0.1, 0.15) is 20.7 Å². The Morgan fingerprint density at radius 3 is 2.50 bits per heavy atom. The maximum Gasteiger partial charge on any atom is 0.337 e. The van der Waals surface area contributed by atoms with Crippen LogP contribution in [0.2, 0.25) is 5.02 Å². The number of aldehydes is 1. The van der Waals surface area contributed by atoms with Crippen LogP contribution < -0.4 is 0 Å². The fraction of sp³-hybridized carbons (Fsp3) is 0. The molecule has 0 unspecified atom stereocenters. The van der Waals surface area contributed by atoms with Crippen LogP contribution in [0.4, 0.5) is 0 Å². The third-order valence-electron chi connectivity index (χ3n) is 2.55. The molecule has 4 heteroatoms. The van der Waals surface area contributed by atoms with E-state index in [0.717, 1.165) is 11.8 Å². The van der Waals surface area contributed by atoms with Crippen LogP contribution in [0.15, 0.2) is 42.5 Å². The number of hydrogen-bond donors (Lipinski definition) is 1. The summed E-state index contributed by atoms with van der Waals surface area (Å²) in [5.74, 6) is -1.08. The quantitative estimate of drug-likeness (QED) is 0.859. The van der Waals surface area contributed by atoms with Crippen molar-refractivity contribution in [2.75, 3.05) is 0 Å². The van der Waals surface area contributed by atoms with Crippen LogP contribution in [0.3, 0.4) is 0 Å². The lowest BCUT2D eigenvalue weighted by Crippen LogP contribution is -1.97. The molecule has 2 rings (SSSR count). The minimum Gasteiger partial charge on any atom is -0.478 e. The Hall–Kier alpha value is -2.13. The van der Waals surface area contributed by atoms with Gasteiger partial charge in [-0.2, -0.15) is 0 Å². The number of benzene rings is 2. The van der Waals surface area contributed by atoms with Crippen LogP contribution in [0, 0.1) is 0 Å². The van der Waals surface area contributed by atoms with Crippen molar-refractivity contribution in [1.82, 2.24) is 0 Å². The zero-order chi connectivity index (χ0) is 13.1. The molecule has 1 N–H and O–H groups in total. The summed E-state index contributed by atoms with van der Waals surface area (Å²) >= 11 is 5.80. The molecule has 3 nitrogen and oxygen atoms in total. The number of hydrogen-bond acceptors (Lipinski definition) is 2. The van der Waals surface area contributed by atoms with Crippen molar-refractivity contribution in [3.05, 3.63) is 58.6 Å². The maximum atomic E-state index is 11.0. The van der Waals surface area contributed by atoms with E-state index in [1.54, 1.807) is 24.3 Å². The van der Waals surface area contributed by atoms with Gasteiger partial charge in [0.15, 0.2) is 0 Å². The Bertz CT molecular complexity index is 620. The van der Waals surface area contributed by atoms with Gasteiger partial charge in [0.05, 0.1) is 10.6 Å². The highest BCUT2D eigenvalue weighted by molar-refractivity contribution is 6.33. The lowest BCUT2D eigenvalue weighted by atomic mass is 10.0. The number of aromatic carboxylic acids is 1. The van der Waals surface area contributed by atoms with E-state index in [-0.39, 0.29) is 10.6 Å². The molecule has 0 amide bonds. The van der Waals surface area contributed by atoms with Crippen molar-refractivity contribution in [3.8, 4) is 11.1 Å². The van der Waals surface area contributed by atoms with Gasteiger partial charge in [-0.25, -0.2) is 4.79 Å². The van der Waals surface area contributed by atoms with Crippen molar-refractivity contribution in [1.29, 1.82) is 0 Å². The van der Waals surface area contributed by atoms with E-state index in [2.05, 4.69) is 0 Å². The third kappa shape index (κ3) is 2.41. The van der Waals surface area contributed by atoms with Crippen LogP contribution in [-0.4, -0.2) is 17.4 Å². The molecule has 0 atom stereocenters. The van der Waals surface area contributed by atoms with Gasteiger partial charge in [-0.1, -0.05) is 35.9 Å². The molecule has 0 saturated carbocycles. The van der Waals surface area contributed by atoms with Crippen LogP contribution >= 0.6 is 11.6 Å². The Balaban J connectivity index is 2.53. The maximum absolute atomic E-state index is 11.0. The van der Waals surface area contributed by atoms with Gasteiger partial charge in [0, 0.05) is 5.56 Å². The van der Waals surface area contributed by atoms with Crippen molar-refractivity contribution in [2.45, 2.75) is 0 Å². The number of carbonyl (C=O) groups excluding carboxylic acids is 1. The molecule has 0 saturated heterocycles. The van der Waals surface area contributed by atoms with Gasteiger partial charge < -0.3 is 5.11 Å². The molecule has 0 aliphatic rings. The molecular weight excluding hydrogens is 252 g/mol. The molecule has 0 aliphatic heterocycles. The first-order valence-corrected chi connectivity index (χ1v) is 5.58. The number of rotatable bonds is 3. The zero-order valence-electron chi connectivity index (χ0n) is 9.26. The van der Waals surface area contributed by atoms with E-state index in [1.807, 2.05) is 6.07 Å². The second-order valence-corrected chi connectivity index (χ2v) is 4.15. The predicted octanol–water partition coefficient (Wildman–Crippen LogP) is 3.52. The zero-order valence-corrected chi connectivity index (χ0v) is 10.0. The molecular formula is C14H9ClO3. The number of carboxylic acids is 1. The monoisotopic (exact) mass is 260 g/mol. The number of carbonyl (C=O) groups is 2. The van der Waals surface area contributed by atoms with Crippen LogP contribution in [-0.2, 0) is 0 Å². The van der Waals surface area contributed by atoms with Gasteiger partial charge in [0.25, 0.3) is 0 Å². The van der Waals surface area contributed by atoms with E-state index >= 15 is 0 Å². The van der Waals surface area contributed by atoms with E-state index in [9.17, 15) is 9.59 Å². The highest BCUT2D eigenvalue weighted by Gasteiger charge is 2.10. The Kier molecular flexibility index (Phi) is 3.44. The number of halogens is 1. The van der Waals surface area contributed by atoms with Crippen molar-refractivity contribution in [2.24, 2.45) is 0 Å². The third-order valence-corrected chi connectivity index (χ3v) is 2.88. The Morgan fingerprint density at radius 1 is 1.11 bits per heavy atom. The van der Waals surface area contributed by atoms with Gasteiger partial charge in [-0.15, -0.1) is 0 Å². The van der Waals surface area contributed by atoms with E-state index < -0.39 is 5.97 Å². The first kappa shape index (κ1) is 12.3. The summed E-state index contributed by atoms with van der Waals surface area (Å²) in [7, 11) is 0. The van der Waals surface area contributed by atoms with Crippen molar-refractivity contribution in [3.63, 3.8) is 0 Å². The molecule has 90 valence electrons. The first-order chi connectivity index (χ1) is 8.61. The molecule has 0 heterocycles. The summed E-state index contributed by atoms with van der Waals surface area (Å²) in [6.45, 7) is 0. The highest BCUT2D eigenvalue weighted by atomic mass is 35.5. The van der Waals surface area contributed by atoms with Crippen molar-refractivity contribution >= 4 is 23.9 Å². The minimum absolute atomic E-state index is 0.0469. The molecule has 0 fully saturated rings. The summed E-state index contributed by atoms with van der Waals surface area (Å²) in [4.78, 5) is 21.7. The Morgan fingerprint density at radius 2 is 1.83 bits per heavy atom. The fourth-order valence-electron chi connectivity index (χ4n) is 1.66. The van der Waals surface area contributed by atoms with Gasteiger partial charge in [0.1, 0.15) is 6.29 Å². The molecule has 0 aliphatic carbocycles. The minimum atomic E-state index is -1.08. The van der Waals surface area contributed by atoms with Crippen molar-refractivity contribution < 1.29 is 14.7 Å². The number of carboxylic acid groups (broad SMARTS) is 1. The Labute approximate surface area is 109 Å². The normalized spacial score (nSPS) is 10.1. The fourth-order valence-corrected chi connectivity index (χ4v) is 1.86. The summed E-state index contributed by atoms with van der Waals surface area (Å²) in [6, 6.07) is 11.7. The van der Waals surface area contributed by atoms with E-state index in [4.69, 9.17) is 16.7 Å². The molecule has 18 heavy (non-hydrogen) atoms. The van der Waals surface area contributed by atoms with Gasteiger partial charge in [-0.05, 0) is 29.3 Å². The second kappa shape index (κ2) is 5.02. The summed E-state index contributed by atoms with van der Waals surface area (Å²) in [5.41, 5.74) is 2.07. The highest BCUT2D eigenvalue weighted by Crippen LogP contribution is 2.25. The van der Waals surface area contributed by atoms with Gasteiger partial charge in [-0.3, -0.25) is 4.79 Å². The van der Waals surface area contributed by atoms with E-state index in [0.29, 0.717) is 11.1 Å². The second-order valence-electron chi connectivity index (χ2n) is 3.74. The van der Waals surface area contributed by atoms with Crippen LogP contribution in [0.25, 0.3) is 11.1 Å². The smallest absolute Gasteiger partial charge is 0.337 e. The molecule has 0 aromatic heterocycles. The summed E-state index contributed by atoms with van der Waals surface area (Å²) < 4.78 is 0. The average Bonchev–Trinajstić information content (AvgIpc) is 2.39. The SMILES string of the molecule is O=Cc1cccc(-c2ccc(Cl)c(C(=O)O)c2)c1. The molecule has 0 radical (unpaired) electrons. The molecule has 2 aromatic rings. The summed E-state index contributed by atoms with van der Waals surface area (Å²) in [6.07, 6.45) is 0.748. The molecule has 0 bridgehead atoms. The molecule has 0 spiro atoms. The standard InChI is InChI=1S/C14H9ClO3/c15-13-5-4-11(7-12(13)14(17)18)10-3-1-2-9(6-10)8-16/h1-8H,(H,17,18). The topological polar surface area (TPSA) is 54.4 Å². The van der Waals surface area contributed by atoms with Gasteiger partial charge >= 0.3 is 5.97 Å². The predicted molar refractivity (Wildman–Crippen MR) is 69.2 cm³/mol. The average molecular weight is 261 g/mol. The van der Waals surface area contributed by atoms with Crippen LogP contribution in [0.5, 0.6) is 0 Å².